The Morgan fingerprint density at radius 1 is 1.21 bits per heavy atom. The van der Waals surface area contributed by atoms with Crippen molar-refractivity contribution in [3.8, 4) is 0 Å². The summed E-state index contributed by atoms with van der Waals surface area (Å²) in [5.74, 6) is 0.577. The zero-order valence-corrected chi connectivity index (χ0v) is 11.7. The molecule has 1 amide bonds. The van der Waals surface area contributed by atoms with Gasteiger partial charge in [0.25, 0.3) is 5.91 Å². The fourth-order valence-electron chi connectivity index (χ4n) is 1.89. The molecule has 0 fully saturated rings. The molecule has 4 nitrogen and oxygen atoms in total. The van der Waals surface area contributed by atoms with Crippen LogP contribution < -0.4 is 5.32 Å². The first-order valence-electron chi connectivity index (χ1n) is 6.33. The summed E-state index contributed by atoms with van der Waals surface area (Å²) < 4.78 is 5.22. The normalized spacial score (nSPS) is 10.8. The van der Waals surface area contributed by atoms with Gasteiger partial charge in [-0.25, -0.2) is 0 Å². The maximum atomic E-state index is 12.3. The Hall–Kier alpha value is -2.10. The van der Waals surface area contributed by atoms with Gasteiger partial charge in [-0.3, -0.25) is 4.79 Å². The fourth-order valence-corrected chi connectivity index (χ4v) is 1.89. The van der Waals surface area contributed by atoms with Crippen molar-refractivity contribution >= 4 is 11.6 Å². The molecular formula is C15H18N2O2. The molecule has 0 aliphatic carbocycles. The molecule has 0 saturated carbocycles. The standard InChI is InChI=1S/C15H18N2O2/c1-9(2)14-13(11(4)17-19-14)15(18)16-12-7-5-10(3)6-8-12/h5-9H,1-4H3,(H,16,18). The molecule has 4 heteroatoms. The first kappa shape index (κ1) is 13.3. The molecule has 0 bridgehead atoms. The van der Waals surface area contributed by atoms with Gasteiger partial charge in [0.05, 0.1) is 5.69 Å². The van der Waals surface area contributed by atoms with Gasteiger partial charge in [0.2, 0.25) is 0 Å². The van der Waals surface area contributed by atoms with Gasteiger partial charge in [0.1, 0.15) is 5.56 Å². The number of hydrogen-bond acceptors (Lipinski definition) is 3. The second-order valence-electron chi connectivity index (χ2n) is 4.98. The highest BCUT2D eigenvalue weighted by atomic mass is 16.5. The second-order valence-corrected chi connectivity index (χ2v) is 4.98. The summed E-state index contributed by atoms with van der Waals surface area (Å²) >= 11 is 0. The van der Waals surface area contributed by atoms with E-state index in [1.807, 2.05) is 45.0 Å². The minimum atomic E-state index is -0.175. The Bertz CT molecular complexity index is 583. The quantitative estimate of drug-likeness (QED) is 0.913. The van der Waals surface area contributed by atoms with Crippen LogP contribution in [0.4, 0.5) is 5.69 Å². The minimum Gasteiger partial charge on any atom is -0.360 e. The van der Waals surface area contributed by atoms with Crippen molar-refractivity contribution in [2.75, 3.05) is 5.32 Å². The summed E-state index contributed by atoms with van der Waals surface area (Å²) in [4.78, 5) is 12.3. The Morgan fingerprint density at radius 3 is 2.42 bits per heavy atom. The molecule has 0 aliphatic rings. The predicted molar refractivity (Wildman–Crippen MR) is 74.5 cm³/mol. The number of amides is 1. The summed E-state index contributed by atoms with van der Waals surface area (Å²) in [6.45, 7) is 7.73. The molecular weight excluding hydrogens is 240 g/mol. The van der Waals surface area contributed by atoms with Crippen LogP contribution in [-0.4, -0.2) is 11.1 Å². The average molecular weight is 258 g/mol. The number of hydrogen-bond donors (Lipinski definition) is 1. The van der Waals surface area contributed by atoms with E-state index in [1.165, 1.54) is 0 Å². The highest BCUT2D eigenvalue weighted by Gasteiger charge is 2.22. The van der Waals surface area contributed by atoms with Crippen LogP contribution in [0.3, 0.4) is 0 Å². The van der Waals surface area contributed by atoms with E-state index in [4.69, 9.17) is 4.52 Å². The molecule has 1 aromatic heterocycles. The number of nitrogens with zero attached hydrogens (tertiary/aromatic N) is 1. The largest absolute Gasteiger partial charge is 0.360 e. The number of carbonyl (C=O) groups excluding carboxylic acids is 1. The number of carbonyl (C=O) groups is 1. The molecule has 1 N–H and O–H groups in total. The third-order valence-corrected chi connectivity index (χ3v) is 2.95. The summed E-state index contributed by atoms with van der Waals surface area (Å²) in [5, 5.41) is 6.75. The first-order chi connectivity index (χ1) is 8.99. The topological polar surface area (TPSA) is 55.1 Å². The lowest BCUT2D eigenvalue weighted by Crippen LogP contribution is -2.14. The van der Waals surface area contributed by atoms with Crippen LogP contribution in [0.25, 0.3) is 0 Å². The van der Waals surface area contributed by atoms with Crippen LogP contribution in [-0.2, 0) is 0 Å². The van der Waals surface area contributed by atoms with Gasteiger partial charge in [-0.2, -0.15) is 0 Å². The van der Waals surface area contributed by atoms with E-state index in [0.29, 0.717) is 17.0 Å². The lowest BCUT2D eigenvalue weighted by atomic mass is 10.0. The number of rotatable bonds is 3. The highest BCUT2D eigenvalue weighted by molar-refractivity contribution is 6.05. The van der Waals surface area contributed by atoms with Crippen molar-refractivity contribution in [1.82, 2.24) is 5.16 Å². The zero-order chi connectivity index (χ0) is 14.0. The molecule has 0 spiro atoms. The van der Waals surface area contributed by atoms with E-state index in [0.717, 1.165) is 11.3 Å². The molecule has 2 rings (SSSR count). The molecule has 0 saturated heterocycles. The molecule has 19 heavy (non-hydrogen) atoms. The van der Waals surface area contributed by atoms with Crippen LogP contribution in [0.15, 0.2) is 28.8 Å². The fraction of sp³-hybridized carbons (Fsp3) is 0.333. The number of anilines is 1. The smallest absolute Gasteiger partial charge is 0.261 e. The minimum absolute atomic E-state index is 0.125. The number of nitrogens with one attached hydrogen (secondary N) is 1. The van der Waals surface area contributed by atoms with Crippen molar-refractivity contribution in [2.45, 2.75) is 33.6 Å². The molecule has 100 valence electrons. The van der Waals surface area contributed by atoms with Gasteiger partial charge in [-0.1, -0.05) is 36.7 Å². The second kappa shape index (κ2) is 5.26. The molecule has 0 radical (unpaired) electrons. The van der Waals surface area contributed by atoms with Crippen molar-refractivity contribution in [2.24, 2.45) is 0 Å². The van der Waals surface area contributed by atoms with Crippen molar-refractivity contribution in [3.63, 3.8) is 0 Å². The molecule has 1 aromatic carbocycles. The van der Waals surface area contributed by atoms with Crippen LogP contribution in [0, 0.1) is 13.8 Å². The Balaban J connectivity index is 2.25. The Morgan fingerprint density at radius 2 is 1.84 bits per heavy atom. The third-order valence-electron chi connectivity index (χ3n) is 2.95. The molecule has 2 aromatic rings. The molecule has 0 aliphatic heterocycles. The van der Waals surface area contributed by atoms with E-state index in [1.54, 1.807) is 6.92 Å². The summed E-state index contributed by atoms with van der Waals surface area (Å²) in [6, 6.07) is 7.68. The van der Waals surface area contributed by atoms with Crippen LogP contribution in [0.1, 0.15) is 47.1 Å². The maximum Gasteiger partial charge on any atom is 0.261 e. The number of aryl methyl sites for hydroxylation is 2. The summed E-state index contributed by atoms with van der Waals surface area (Å²) in [5.41, 5.74) is 3.08. The SMILES string of the molecule is Cc1ccc(NC(=O)c2c(C)noc2C(C)C)cc1. The van der Waals surface area contributed by atoms with Crippen LogP contribution >= 0.6 is 0 Å². The van der Waals surface area contributed by atoms with Crippen LogP contribution in [0.2, 0.25) is 0 Å². The molecule has 0 unspecified atom stereocenters. The lowest BCUT2D eigenvalue weighted by molar-refractivity contribution is 0.102. The Labute approximate surface area is 112 Å². The van der Waals surface area contributed by atoms with E-state index in [2.05, 4.69) is 10.5 Å². The lowest BCUT2D eigenvalue weighted by Gasteiger charge is -2.07. The maximum absolute atomic E-state index is 12.3. The summed E-state index contributed by atoms with van der Waals surface area (Å²) in [6.07, 6.45) is 0. The van der Waals surface area contributed by atoms with Gasteiger partial charge in [0.15, 0.2) is 5.76 Å². The monoisotopic (exact) mass is 258 g/mol. The zero-order valence-electron chi connectivity index (χ0n) is 11.7. The van der Waals surface area contributed by atoms with Gasteiger partial charge in [-0.05, 0) is 26.0 Å². The predicted octanol–water partition coefficient (Wildman–Crippen LogP) is 3.67. The Kier molecular flexibility index (Phi) is 3.69. The molecule has 0 atom stereocenters. The van der Waals surface area contributed by atoms with Gasteiger partial charge < -0.3 is 9.84 Å². The van der Waals surface area contributed by atoms with Gasteiger partial charge in [0, 0.05) is 11.6 Å². The van der Waals surface area contributed by atoms with Crippen LogP contribution in [0.5, 0.6) is 0 Å². The van der Waals surface area contributed by atoms with Gasteiger partial charge >= 0.3 is 0 Å². The van der Waals surface area contributed by atoms with E-state index >= 15 is 0 Å². The van der Waals surface area contributed by atoms with E-state index in [-0.39, 0.29) is 11.8 Å². The average Bonchev–Trinajstić information content (AvgIpc) is 2.74. The van der Waals surface area contributed by atoms with Gasteiger partial charge in [-0.15, -0.1) is 0 Å². The number of benzene rings is 1. The van der Waals surface area contributed by atoms with Crippen molar-refractivity contribution < 1.29 is 9.32 Å². The van der Waals surface area contributed by atoms with E-state index < -0.39 is 0 Å². The highest BCUT2D eigenvalue weighted by Crippen LogP contribution is 2.23. The van der Waals surface area contributed by atoms with Crippen molar-refractivity contribution in [1.29, 1.82) is 0 Å². The summed E-state index contributed by atoms with van der Waals surface area (Å²) in [7, 11) is 0. The number of aromatic nitrogens is 1. The molecule has 1 heterocycles. The van der Waals surface area contributed by atoms with E-state index in [9.17, 15) is 4.79 Å². The van der Waals surface area contributed by atoms with Crippen molar-refractivity contribution in [3.05, 3.63) is 46.8 Å². The first-order valence-corrected chi connectivity index (χ1v) is 6.33. The third kappa shape index (κ3) is 2.84.